The van der Waals surface area contributed by atoms with Gasteiger partial charge in [0.15, 0.2) is 0 Å². The summed E-state index contributed by atoms with van der Waals surface area (Å²) < 4.78 is 7.55. The first kappa shape index (κ1) is 22.9. The lowest BCUT2D eigenvalue weighted by Crippen LogP contribution is -2.29. The number of aryl methyl sites for hydroxylation is 1. The van der Waals surface area contributed by atoms with Crippen LogP contribution >= 0.6 is 11.9 Å². The van der Waals surface area contributed by atoms with Gasteiger partial charge in [-0.15, -0.1) is 0 Å². The van der Waals surface area contributed by atoms with Gasteiger partial charge in [-0.25, -0.2) is 4.31 Å². The van der Waals surface area contributed by atoms with Gasteiger partial charge < -0.3 is 4.74 Å². The number of nitrogens with zero attached hydrogens (tertiary/aromatic N) is 1. The average molecular weight is 426 g/mol. The Bertz CT molecular complexity index is 926. The van der Waals surface area contributed by atoms with Crippen molar-refractivity contribution < 1.29 is 9.53 Å². The summed E-state index contributed by atoms with van der Waals surface area (Å²) in [5.41, 5.74) is 10.5. The van der Waals surface area contributed by atoms with E-state index < -0.39 is 0 Å². The van der Waals surface area contributed by atoms with E-state index in [2.05, 4.69) is 70.1 Å². The summed E-state index contributed by atoms with van der Waals surface area (Å²) >= 11 is 1.96. The van der Waals surface area contributed by atoms with Gasteiger partial charge in [0, 0.05) is 18.8 Å². The Morgan fingerprint density at radius 2 is 1.73 bits per heavy atom. The Labute approximate surface area is 186 Å². The van der Waals surface area contributed by atoms with Crippen LogP contribution in [0.25, 0.3) is 11.1 Å². The number of esters is 1. The van der Waals surface area contributed by atoms with E-state index in [0.717, 1.165) is 30.8 Å². The van der Waals surface area contributed by atoms with Crippen molar-refractivity contribution in [3.63, 3.8) is 0 Å². The van der Waals surface area contributed by atoms with Gasteiger partial charge in [0.1, 0.15) is 0 Å². The van der Waals surface area contributed by atoms with Crippen LogP contribution in [0.4, 0.5) is 0 Å². The normalized spacial score (nSPS) is 14.5. The van der Waals surface area contributed by atoms with Crippen molar-refractivity contribution in [1.29, 1.82) is 0 Å². The third-order valence-electron chi connectivity index (χ3n) is 5.91. The highest BCUT2D eigenvalue weighted by atomic mass is 32.2. The van der Waals surface area contributed by atoms with Crippen molar-refractivity contribution in [2.45, 2.75) is 60.9 Å². The maximum atomic E-state index is 12.2. The van der Waals surface area contributed by atoms with Crippen molar-refractivity contribution in [2.75, 3.05) is 19.4 Å². The minimum absolute atomic E-state index is 0.177. The minimum atomic E-state index is -0.177. The molecular weight excluding hydrogens is 390 g/mol. The molecular formula is C26H35NO2S. The summed E-state index contributed by atoms with van der Waals surface area (Å²) in [7, 11) is 1.47. The molecule has 0 saturated heterocycles. The molecule has 3 rings (SSSR count). The fraction of sp³-hybridized carbons (Fsp3) is 0.500. The number of carbonyl (C=O) groups is 1. The van der Waals surface area contributed by atoms with E-state index in [1.807, 2.05) is 11.9 Å². The van der Waals surface area contributed by atoms with Gasteiger partial charge in [0.2, 0.25) is 0 Å². The largest absolute Gasteiger partial charge is 0.469 e. The molecule has 0 aromatic heterocycles. The number of fused-ring (bicyclic) bond motifs is 1. The lowest BCUT2D eigenvalue weighted by molar-refractivity contribution is -0.139. The molecule has 0 unspecified atom stereocenters. The fourth-order valence-electron chi connectivity index (χ4n) is 4.19. The van der Waals surface area contributed by atoms with Crippen LogP contribution < -0.4 is 0 Å². The lowest BCUT2D eigenvalue weighted by atomic mass is 9.81. The average Bonchev–Trinajstić information content (AvgIpc) is 2.70. The molecule has 1 aliphatic heterocycles. The van der Waals surface area contributed by atoms with E-state index in [0.29, 0.717) is 11.8 Å². The molecule has 0 fully saturated rings. The molecule has 162 valence electrons. The minimum Gasteiger partial charge on any atom is -0.469 e. The van der Waals surface area contributed by atoms with Crippen molar-refractivity contribution in [3.8, 4) is 11.1 Å². The second-order valence-electron chi connectivity index (χ2n) is 9.63. The summed E-state index contributed by atoms with van der Waals surface area (Å²) in [4.78, 5) is 12.2. The van der Waals surface area contributed by atoms with Crippen LogP contribution in [-0.4, -0.2) is 29.7 Å². The van der Waals surface area contributed by atoms with E-state index in [1.54, 1.807) is 0 Å². The first-order valence-corrected chi connectivity index (χ1v) is 11.7. The Morgan fingerprint density at radius 3 is 2.33 bits per heavy atom. The second-order valence-corrected chi connectivity index (χ2v) is 10.7. The van der Waals surface area contributed by atoms with Crippen LogP contribution in [0.5, 0.6) is 0 Å². The Balaban J connectivity index is 2.08. The molecule has 2 aromatic carbocycles. The van der Waals surface area contributed by atoms with Crippen LogP contribution in [0.3, 0.4) is 0 Å². The molecule has 0 atom stereocenters. The zero-order chi connectivity index (χ0) is 22.1. The van der Waals surface area contributed by atoms with Crippen molar-refractivity contribution in [1.82, 2.24) is 4.31 Å². The highest BCUT2D eigenvalue weighted by molar-refractivity contribution is 7.97. The molecule has 0 spiro atoms. The molecule has 0 aliphatic carbocycles. The number of carbonyl (C=O) groups excluding carboxylic acids is 1. The number of methoxy groups -OCH3 is 1. The smallest absolute Gasteiger partial charge is 0.310 e. The van der Waals surface area contributed by atoms with Crippen LogP contribution in [0.15, 0.2) is 24.3 Å². The Morgan fingerprint density at radius 1 is 1.07 bits per heavy atom. The van der Waals surface area contributed by atoms with Crippen molar-refractivity contribution in [3.05, 3.63) is 57.6 Å². The van der Waals surface area contributed by atoms with E-state index in [-0.39, 0.29) is 5.97 Å². The molecule has 4 heteroatoms. The highest BCUT2D eigenvalue weighted by Crippen LogP contribution is 2.39. The number of rotatable bonds is 5. The molecule has 0 radical (unpaired) electrons. The number of benzene rings is 2. The molecule has 0 saturated carbocycles. The van der Waals surface area contributed by atoms with Gasteiger partial charge in [-0.05, 0) is 71.6 Å². The number of hydrogen-bond donors (Lipinski definition) is 0. The predicted octanol–water partition coefficient (Wildman–Crippen LogP) is 6.05. The maximum absolute atomic E-state index is 12.2. The van der Waals surface area contributed by atoms with Crippen LogP contribution in [0.1, 0.15) is 54.2 Å². The summed E-state index contributed by atoms with van der Waals surface area (Å²) in [5, 5.41) is 0. The third kappa shape index (κ3) is 5.09. The zero-order valence-corrected chi connectivity index (χ0v) is 20.3. The number of hydrogen-bond acceptors (Lipinski definition) is 4. The van der Waals surface area contributed by atoms with Gasteiger partial charge in [0.25, 0.3) is 0 Å². The number of ether oxygens (including phenoxy) is 1. The van der Waals surface area contributed by atoms with Gasteiger partial charge in [-0.2, -0.15) is 0 Å². The standard InChI is InChI=1S/C26H35NO2S/c1-17-8-10-20(11-9-17)25-19(3)23-15-27(30-16-26(4,5)6)13-12-21(23)18(2)22(25)14-24(28)29-7/h8-11H,12-16H2,1-7H3. The first-order chi connectivity index (χ1) is 14.1. The zero-order valence-electron chi connectivity index (χ0n) is 19.5. The summed E-state index contributed by atoms with van der Waals surface area (Å²) in [5.74, 6) is 0.940. The Hall–Kier alpha value is -1.78. The SMILES string of the molecule is COC(=O)Cc1c(C)c2c(c(C)c1-c1ccc(C)cc1)CN(SCC(C)(C)C)CC2. The van der Waals surface area contributed by atoms with Crippen LogP contribution in [0, 0.1) is 26.2 Å². The summed E-state index contributed by atoms with van der Waals surface area (Å²) in [6, 6.07) is 8.66. The molecule has 2 aromatic rings. The van der Waals surface area contributed by atoms with E-state index in [4.69, 9.17) is 4.74 Å². The molecule has 1 heterocycles. The molecule has 0 bridgehead atoms. The van der Waals surface area contributed by atoms with Crippen molar-refractivity contribution >= 4 is 17.9 Å². The van der Waals surface area contributed by atoms with Crippen LogP contribution in [-0.2, 0) is 28.9 Å². The predicted molar refractivity (Wildman–Crippen MR) is 128 cm³/mol. The summed E-state index contributed by atoms with van der Waals surface area (Å²) in [6.07, 6.45) is 1.35. The third-order valence-corrected chi connectivity index (χ3v) is 7.59. The van der Waals surface area contributed by atoms with Gasteiger partial charge >= 0.3 is 5.97 Å². The van der Waals surface area contributed by atoms with E-state index in [9.17, 15) is 4.79 Å². The van der Waals surface area contributed by atoms with Crippen molar-refractivity contribution in [2.24, 2.45) is 5.41 Å². The maximum Gasteiger partial charge on any atom is 0.310 e. The molecule has 0 amide bonds. The second kappa shape index (κ2) is 9.15. The summed E-state index contributed by atoms with van der Waals surface area (Å²) in [6.45, 7) is 15.4. The van der Waals surface area contributed by atoms with E-state index >= 15 is 0 Å². The van der Waals surface area contributed by atoms with Gasteiger partial charge in [-0.1, -0.05) is 62.5 Å². The molecule has 1 aliphatic rings. The molecule has 3 nitrogen and oxygen atoms in total. The molecule has 0 N–H and O–H groups in total. The first-order valence-electron chi connectivity index (χ1n) is 10.8. The molecule has 30 heavy (non-hydrogen) atoms. The van der Waals surface area contributed by atoms with Gasteiger partial charge in [0.05, 0.1) is 13.5 Å². The Kier molecular flexibility index (Phi) is 6.98. The lowest BCUT2D eigenvalue weighted by Gasteiger charge is -2.34. The van der Waals surface area contributed by atoms with Crippen LogP contribution in [0.2, 0.25) is 0 Å². The van der Waals surface area contributed by atoms with E-state index in [1.165, 1.54) is 46.1 Å². The monoisotopic (exact) mass is 425 g/mol. The quantitative estimate of drug-likeness (QED) is 0.431. The fourth-order valence-corrected chi connectivity index (χ4v) is 5.20. The topological polar surface area (TPSA) is 29.5 Å². The highest BCUT2D eigenvalue weighted by Gasteiger charge is 2.27. The van der Waals surface area contributed by atoms with Gasteiger partial charge in [-0.3, -0.25) is 4.79 Å².